The number of aliphatic carboxylic acids is 2. The summed E-state index contributed by atoms with van der Waals surface area (Å²) in [6, 6.07) is 0. The number of carboxylic acid groups (broad SMARTS) is 2. The lowest BCUT2D eigenvalue weighted by molar-refractivity contribution is -0.143. The van der Waals surface area contributed by atoms with Gasteiger partial charge in [0.2, 0.25) is 0 Å². The highest BCUT2D eigenvalue weighted by molar-refractivity contribution is 6.63. The van der Waals surface area contributed by atoms with E-state index < -0.39 is 16.2 Å². The van der Waals surface area contributed by atoms with Crippen molar-refractivity contribution in [2.24, 2.45) is 0 Å². The first-order valence-electron chi connectivity index (χ1n) is 2.72. The molecule has 0 atom stereocenters. The van der Waals surface area contributed by atoms with Crippen LogP contribution in [-0.4, -0.2) is 26.4 Å². The van der Waals surface area contributed by atoms with Gasteiger partial charge >= 0.3 is 11.9 Å². The quantitative estimate of drug-likeness (QED) is 0.736. The van der Waals surface area contributed by atoms with Gasteiger partial charge in [0.15, 0.2) is 4.30 Å². The normalized spacial score (nSPS) is 8.67. The number of carbonyl (C=O) groups is 2. The number of halogens is 3. The summed E-state index contributed by atoms with van der Waals surface area (Å²) < 4.78 is -0.750. The summed E-state index contributed by atoms with van der Waals surface area (Å²) >= 11 is 14.4. The fourth-order valence-electron chi connectivity index (χ4n) is 0.214. The molecule has 0 amide bonds. The molecule has 0 aliphatic heterocycles. The monoisotopic (exact) mass is 236 g/mol. The minimum absolute atomic E-state index is 0.296. The minimum Gasteiger partial charge on any atom is -0.481 e. The van der Waals surface area contributed by atoms with Gasteiger partial charge in [0.25, 0.3) is 0 Å². The van der Waals surface area contributed by atoms with Gasteiger partial charge in [-0.2, -0.15) is 0 Å². The van der Waals surface area contributed by atoms with Crippen LogP contribution in [-0.2, 0) is 9.59 Å². The fraction of sp³-hybridized carbons (Fsp3) is 0.600. The first-order valence-corrected chi connectivity index (χ1v) is 4.03. The van der Waals surface area contributed by atoms with Crippen LogP contribution >= 0.6 is 34.8 Å². The maximum absolute atomic E-state index is 9.64. The molecule has 2 N–H and O–H groups in total. The van der Waals surface area contributed by atoms with Crippen LogP contribution in [0.1, 0.15) is 12.8 Å². The molecular formula is C5H7Cl3O4. The van der Waals surface area contributed by atoms with Crippen LogP contribution in [0.25, 0.3) is 0 Å². The molecule has 0 fully saturated rings. The first-order chi connectivity index (χ1) is 5.36. The molecule has 0 spiro atoms. The van der Waals surface area contributed by atoms with Crippen LogP contribution in [0.4, 0.5) is 0 Å². The summed E-state index contributed by atoms with van der Waals surface area (Å²) in [5, 5.41) is 15.8. The third kappa shape index (κ3) is 32.9. The summed E-state index contributed by atoms with van der Waals surface area (Å²) in [5.41, 5.74) is 0. The summed E-state index contributed by atoms with van der Waals surface area (Å²) in [6.07, 6.45) is -0.593. The standard InChI is InChI=1S/C4H6O4.CHCl3/c5-3(6)1-2-4(7)8;2-1(3)4/h1-2H2,(H,5,6)(H,7,8);1H. The molecule has 0 heterocycles. The highest BCUT2D eigenvalue weighted by Crippen LogP contribution is 2.03. The highest BCUT2D eigenvalue weighted by atomic mass is 35.6. The van der Waals surface area contributed by atoms with Crippen LogP contribution in [0.3, 0.4) is 0 Å². The Hall–Kier alpha value is -0.190. The van der Waals surface area contributed by atoms with Gasteiger partial charge in [0, 0.05) is 0 Å². The molecule has 0 unspecified atom stereocenters. The van der Waals surface area contributed by atoms with Gasteiger partial charge in [-0.25, -0.2) is 0 Å². The van der Waals surface area contributed by atoms with Gasteiger partial charge in [-0.3, -0.25) is 9.59 Å². The molecule has 0 aromatic rings. The van der Waals surface area contributed by atoms with E-state index in [0.29, 0.717) is 0 Å². The van der Waals surface area contributed by atoms with E-state index in [4.69, 9.17) is 45.0 Å². The molecule has 72 valence electrons. The zero-order valence-corrected chi connectivity index (χ0v) is 8.10. The second-order valence-corrected chi connectivity index (χ2v) is 3.51. The van der Waals surface area contributed by atoms with Crippen molar-refractivity contribution in [2.45, 2.75) is 17.1 Å². The lowest BCUT2D eigenvalue weighted by Gasteiger charge is -1.85. The van der Waals surface area contributed by atoms with Crippen molar-refractivity contribution in [3.05, 3.63) is 0 Å². The van der Waals surface area contributed by atoms with E-state index in [1.165, 1.54) is 0 Å². The Balaban J connectivity index is 0. The van der Waals surface area contributed by atoms with E-state index >= 15 is 0 Å². The SMILES string of the molecule is ClC(Cl)Cl.O=C(O)CCC(=O)O. The van der Waals surface area contributed by atoms with E-state index in [1.807, 2.05) is 0 Å². The van der Waals surface area contributed by atoms with Crippen LogP contribution in [0.15, 0.2) is 0 Å². The van der Waals surface area contributed by atoms with E-state index in [2.05, 4.69) is 0 Å². The molecule has 0 aliphatic rings. The highest BCUT2D eigenvalue weighted by Gasteiger charge is 2.00. The maximum Gasteiger partial charge on any atom is 0.303 e. The summed E-state index contributed by atoms with van der Waals surface area (Å²) in [4.78, 5) is 19.3. The zero-order valence-electron chi connectivity index (χ0n) is 5.84. The van der Waals surface area contributed by atoms with Crippen molar-refractivity contribution < 1.29 is 19.8 Å². The molecule has 0 saturated carbocycles. The van der Waals surface area contributed by atoms with E-state index in [9.17, 15) is 9.59 Å². The zero-order chi connectivity index (χ0) is 10.1. The van der Waals surface area contributed by atoms with Crippen molar-refractivity contribution in [3.63, 3.8) is 0 Å². The topological polar surface area (TPSA) is 74.6 Å². The molecular weight excluding hydrogens is 230 g/mol. The first kappa shape index (κ1) is 14.3. The average molecular weight is 237 g/mol. The Kier molecular flexibility index (Phi) is 10.6. The predicted molar refractivity (Wildman–Crippen MR) is 45.9 cm³/mol. The van der Waals surface area contributed by atoms with E-state index in [-0.39, 0.29) is 12.8 Å². The molecule has 0 radical (unpaired) electrons. The van der Waals surface area contributed by atoms with Gasteiger partial charge in [-0.15, -0.1) is 0 Å². The smallest absolute Gasteiger partial charge is 0.303 e. The Morgan fingerprint density at radius 3 is 1.25 bits per heavy atom. The molecule has 7 heteroatoms. The van der Waals surface area contributed by atoms with Gasteiger partial charge in [-0.1, -0.05) is 34.8 Å². The summed E-state index contributed by atoms with van der Waals surface area (Å²) in [5.74, 6) is -2.15. The number of hydrogen-bond acceptors (Lipinski definition) is 2. The predicted octanol–water partition coefficient (Wildman–Crippen LogP) is 1.92. The van der Waals surface area contributed by atoms with Gasteiger partial charge in [0.05, 0.1) is 12.8 Å². The van der Waals surface area contributed by atoms with Crippen molar-refractivity contribution in [3.8, 4) is 0 Å². The molecule has 0 saturated heterocycles. The number of alkyl halides is 3. The number of hydrogen-bond donors (Lipinski definition) is 2. The Bertz CT molecular complexity index is 131. The Morgan fingerprint density at radius 1 is 1.00 bits per heavy atom. The van der Waals surface area contributed by atoms with Crippen molar-refractivity contribution in [1.82, 2.24) is 0 Å². The van der Waals surface area contributed by atoms with Crippen LogP contribution in [0.2, 0.25) is 0 Å². The largest absolute Gasteiger partial charge is 0.481 e. The third-order valence-electron chi connectivity index (χ3n) is 0.553. The van der Waals surface area contributed by atoms with Crippen molar-refractivity contribution >= 4 is 46.7 Å². The number of rotatable bonds is 3. The van der Waals surface area contributed by atoms with Gasteiger partial charge < -0.3 is 10.2 Å². The van der Waals surface area contributed by atoms with Gasteiger partial charge in [0.1, 0.15) is 0 Å². The van der Waals surface area contributed by atoms with E-state index in [0.717, 1.165) is 0 Å². The maximum atomic E-state index is 9.64. The van der Waals surface area contributed by atoms with Gasteiger partial charge in [-0.05, 0) is 0 Å². The average Bonchev–Trinajstić information content (AvgIpc) is 1.82. The van der Waals surface area contributed by atoms with Crippen LogP contribution < -0.4 is 0 Å². The van der Waals surface area contributed by atoms with Crippen LogP contribution in [0.5, 0.6) is 0 Å². The van der Waals surface area contributed by atoms with E-state index in [1.54, 1.807) is 0 Å². The Morgan fingerprint density at radius 2 is 1.17 bits per heavy atom. The molecule has 4 nitrogen and oxygen atoms in total. The summed E-state index contributed by atoms with van der Waals surface area (Å²) in [6.45, 7) is 0. The van der Waals surface area contributed by atoms with Crippen molar-refractivity contribution in [1.29, 1.82) is 0 Å². The molecule has 0 aromatic heterocycles. The van der Waals surface area contributed by atoms with Crippen molar-refractivity contribution in [2.75, 3.05) is 0 Å². The second kappa shape index (κ2) is 8.90. The Labute approximate surface area is 84.0 Å². The summed E-state index contributed by atoms with van der Waals surface area (Å²) in [7, 11) is 0. The molecule has 0 bridgehead atoms. The second-order valence-electron chi connectivity index (χ2n) is 1.53. The number of carboxylic acids is 2. The third-order valence-corrected chi connectivity index (χ3v) is 0.553. The lowest BCUT2D eigenvalue weighted by atomic mass is 10.3. The minimum atomic E-state index is -1.08. The molecule has 12 heavy (non-hydrogen) atoms. The molecule has 0 aliphatic carbocycles. The fourth-order valence-corrected chi connectivity index (χ4v) is 0.214. The van der Waals surface area contributed by atoms with Crippen LogP contribution in [0, 0.1) is 0 Å². The lowest BCUT2D eigenvalue weighted by Crippen LogP contribution is -2.00. The molecule has 0 aromatic carbocycles. The molecule has 0 rings (SSSR count).